The molecule has 1 atom stereocenters. The summed E-state index contributed by atoms with van der Waals surface area (Å²) in [6.45, 7) is 10.5. The molecule has 0 bridgehead atoms. The summed E-state index contributed by atoms with van der Waals surface area (Å²) in [5.74, 6) is 1.51. The largest absolute Gasteiger partial charge is 0.489 e. The zero-order valence-corrected chi connectivity index (χ0v) is 10.8. The summed E-state index contributed by atoms with van der Waals surface area (Å²) in [5.41, 5.74) is 1.20. The van der Waals surface area contributed by atoms with Crippen LogP contribution in [-0.2, 0) is 0 Å². The van der Waals surface area contributed by atoms with Crippen molar-refractivity contribution in [2.24, 2.45) is 5.92 Å². The van der Waals surface area contributed by atoms with E-state index in [1.165, 1.54) is 5.56 Å². The summed E-state index contributed by atoms with van der Waals surface area (Å²) in [5, 5.41) is 3.34. The fraction of sp³-hybridized carbons (Fsp3) is 0.571. The molecule has 0 aliphatic rings. The van der Waals surface area contributed by atoms with Gasteiger partial charge in [0.2, 0.25) is 0 Å². The number of benzene rings is 1. The molecule has 1 rings (SSSR count). The highest BCUT2D eigenvalue weighted by Crippen LogP contribution is 2.20. The molecule has 0 heterocycles. The molecule has 2 heteroatoms. The van der Waals surface area contributed by atoms with E-state index >= 15 is 0 Å². The average molecular weight is 221 g/mol. The Bertz CT molecular complexity index is 309. The Hall–Kier alpha value is -1.02. The Balaban J connectivity index is 2.64. The standard InChI is InChI=1S/C14H23NO/c1-5-15-10-14(11(2)3)16-13-9-7-6-8-12(13)4/h6-9,11,14-15H,5,10H2,1-4H3. The number of para-hydroxylation sites is 1. The van der Waals surface area contributed by atoms with Crippen LogP contribution < -0.4 is 10.1 Å². The first-order valence-corrected chi connectivity index (χ1v) is 6.08. The maximum absolute atomic E-state index is 6.05. The van der Waals surface area contributed by atoms with E-state index < -0.39 is 0 Å². The highest BCUT2D eigenvalue weighted by atomic mass is 16.5. The first kappa shape index (κ1) is 13.0. The van der Waals surface area contributed by atoms with Crippen molar-refractivity contribution in [3.63, 3.8) is 0 Å². The zero-order valence-electron chi connectivity index (χ0n) is 10.8. The highest BCUT2D eigenvalue weighted by molar-refractivity contribution is 5.31. The lowest BCUT2D eigenvalue weighted by molar-refractivity contribution is 0.148. The molecule has 0 saturated heterocycles. The normalized spacial score (nSPS) is 12.8. The van der Waals surface area contributed by atoms with Crippen LogP contribution in [0.2, 0.25) is 0 Å². The van der Waals surface area contributed by atoms with Gasteiger partial charge < -0.3 is 10.1 Å². The lowest BCUT2D eigenvalue weighted by atomic mass is 10.1. The second-order valence-corrected chi connectivity index (χ2v) is 4.47. The Morgan fingerprint density at radius 1 is 1.25 bits per heavy atom. The third-order valence-corrected chi connectivity index (χ3v) is 2.71. The van der Waals surface area contributed by atoms with Gasteiger partial charge in [0.1, 0.15) is 11.9 Å². The molecule has 2 nitrogen and oxygen atoms in total. The van der Waals surface area contributed by atoms with Gasteiger partial charge in [-0.2, -0.15) is 0 Å². The summed E-state index contributed by atoms with van der Waals surface area (Å²) in [4.78, 5) is 0. The molecule has 0 amide bonds. The van der Waals surface area contributed by atoms with Gasteiger partial charge in [0, 0.05) is 6.54 Å². The molecule has 0 radical (unpaired) electrons. The van der Waals surface area contributed by atoms with Crippen molar-refractivity contribution in [3.05, 3.63) is 29.8 Å². The minimum atomic E-state index is 0.237. The number of aryl methyl sites for hydroxylation is 1. The topological polar surface area (TPSA) is 21.3 Å². The van der Waals surface area contributed by atoms with Gasteiger partial charge in [-0.3, -0.25) is 0 Å². The smallest absolute Gasteiger partial charge is 0.122 e. The summed E-state index contributed by atoms with van der Waals surface area (Å²) in [6.07, 6.45) is 0.237. The predicted octanol–water partition coefficient (Wildman–Crippen LogP) is 3.01. The number of likely N-dealkylation sites (N-methyl/N-ethyl adjacent to an activating group) is 1. The molecule has 1 N–H and O–H groups in total. The Morgan fingerprint density at radius 2 is 1.94 bits per heavy atom. The number of rotatable bonds is 6. The minimum absolute atomic E-state index is 0.237. The quantitative estimate of drug-likeness (QED) is 0.797. The summed E-state index contributed by atoms with van der Waals surface area (Å²) in [6, 6.07) is 8.18. The first-order valence-electron chi connectivity index (χ1n) is 6.08. The van der Waals surface area contributed by atoms with Crippen LogP contribution in [0, 0.1) is 12.8 Å². The van der Waals surface area contributed by atoms with Crippen LogP contribution in [0.25, 0.3) is 0 Å². The van der Waals surface area contributed by atoms with Crippen molar-refractivity contribution in [1.29, 1.82) is 0 Å². The van der Waals surface area contributed by atoms with Gasteiger partial charge in [0.25, 0.3) is 0 Å². The lowest BCUT2D eigenvalue weighted by Crippen LogP contribution is -2.35. The van der Waals surface area contributed by atoms with E-state index in [2.05, 4.69) is 39.1 Å². The van der Waals surface area contributed by atoms with E-state index in [1.807, 2.05) is 18.2 Å². The lowest BCUT2D eigenvalue weighted by Gasteiger charge is -2.23. The monoisotopic (exact) mass is 221 g/mol. The van der Waals surface area contributed by atoms with E-state index in [0.29, 0.717) is 5.92 Å². The number of hydrogen-bond acceptors (Lipinski definition) is 2. The second-order valence-electron chi connectivity index (χ2n) is 4.47. The van der Waals surface area contributed by atoms with E-state index in [-0.39, 0.29) is 6.10 Å². The minimum Gasteiger partial charge on any atom is -0.489 e. The summed E-state index contributed by atoms with van der Waals surface area (Å²) in [7, 11) is 0. The molecule has 0 fully saturated rings. The molecule has 0 saturated carbocycles. The van der Waals surface area contributed by atoms with Crippen molar-refractivity contribution in [3.8, 4) is 5.75 Å². The van der Waals surface area contributed by atoms with Crippen LogP contribution in [0.4, 0.5) is 0 Å². The van der Waals surface area contributed by atoms with E-state index in [1.54, 1.807) is 0 Å². The molecule has 0 aliphatic carbocycles. The van der Waals surface area contributed by atoms with Crippen molar-refractivity contribution in [2.45, 2.75) is 33.8 Å². The molecule has 1 aromatic carbocycles. The maximum atomic E-state index is 6.05. The number of nitrogens with one attached hydrogen (secondary N) is 1. The molecule has 0 aliphatic heterocycles. The van der Waals surface area contributed by atoms with Crippen LogP contribution in [0.15, 0.2) is 24.3 Å². The molecular formula is C14H23NO. The highest BCUT2D eigenvalue weighted by Gasteiger charge is 2.15. The van der Waals surface area contributed by atoms with Crippen molar-refractivity contribution in [1.82, 2.24) is 5.32 Å². The SMILES string of the molecule is CCNCC(Oc1ccccc1C)C(C)C. The van der Waals surface area contributed by atoms with Crippen LogP contribution >= 0.6 is 0 Å². The molecular weight excluding hydrogens is 198 g/mol. The second kappa shape index (κ2) is 6.54. The van der Waals surface area contributed by atoms with Crippen molar-refractivity contribution < 1.29 is 4.74 Å². The Kier molecular flexibility index (Phi) is 5.33. The molecule has 1 unspecified atom stereocenters. The molecule has 16 heavy (non-hydrogen) atoms. The van der Waals surface area contributed by atoms with Crippen molar-refractivity contribution in [2.75, 3.05) is 13.1 Å². The van der Waals surface area contributed by atoms with Crippen molar-refractivity contribution >= 4 is 0 Å². The molecule has 90 valence electrons. The average Bonchev–Trinajstić information content (AvgIpc) is 2.26. The maximum Gasteiger partial charge on any atom is 0.122 e. The molecule has 0 aromatic heterocycles. The van der Waals surface area contributed by atoms with Crippen LogP contribution in [0.1, 0.15) is 26.3 Å². The third-order valence-electron chi connectivity index (χ3n) is 2.71. The predicted molar refractivity (Wildman–Crippen MR) is 69.0 cm³/mol. The number of hydrogen-bond donors (Lipinski definition) is 1. The number of ether oxygens (including phenoxy) is 1. The van der Waals surface area contributed by atoms with Gasteiger partial charge in [-0.05, 0) is 31.0 Å². The summed E-state index contributed by atoms with van der Waals surface area (Å²) < 4.78 is 6.05. The fourth-order valence-electron chi connectivity index (χ4n) is 1.55. The van der Waals surface area contributed by atoms with E-state index in [0.717, 1.165) is 18.8 Å². The fourth-order valence-corrected chi connectivity index (χ4v) is 1.55. The van der Waals surface area contributed by atoms with Gasteiger partial charge in [0.05, 0.1) is 0 Å². The Labute approximate surface area is 99.0 Å². The van der Waals surface area contributed by atoms with Gasteiger partial charge in [-0.1, -0.05) is 39.0 Å². The van der Waals surface area contributed by atoms with Crippen LogP contribution in [0.3, 0.4) is 0 Å². The van der Waals surface area contributed by atoms with Crippen LogP contribution in [-0.4, -0.2) is 19.2 Å². The van der Waals surface area contributed by atoms with Gasteiger partial charge in [-0.15, -0.1) is 0 Å². The molecule has 1 aromatic rings. The van der Waals surface area contributed by atoms with E-state index in [4.69, 9.17) is 4.74 Å². The van der Waals surface area contributed by atoms with Gasteiger partial charge in [-0.25, -0.2) is 0 Å². The first-order chi connectivity index (χ1) is 7.65. The zero-order chi connectivity index (χ0) is 12.0. The van der Waals surface area contributed by atoms with E-state index in [9.17, 15) is 0 Å². The third kappa shape index (κ3) is 3.86. The van der Waals surface area contributed by atoms with Gasteiger partial charge >= 0.3 is 0 Å². The summed E-state index contributed by atoms with van der Waals surface area (Å²) >= 11 is 0. The van der Waals surface area contributed by atoms with Crippen LogP contribution in [0.5, 0.6) is 5.75 Å². The Morgan fingerprint density at radius 3 is 2.50 bits per heavy atom. The van der Waals surface area contributed by atoms with Gasteiger partial charge in [0.15, 0.2) is 0 Å². The molecule has 0 spiro atoms.